The van der Waals surface area contributed by atoms with Gasteiger partial charge in [0, 0.05) is 22.7 Å². The van der Waals surface area contributed by atoms with Crippen LogP contribution in [0.1, 0.15) is 25.6 Å². The fourth-order valence-electron chi connectivity index (χ4n) is 2.52. The van der Waals surface area contributed by atoms with E-state index < -0.39 is 21.4 Å². The standard InChI is InChI=1S/C18H21ClN6O4S2/c1-18(2,3)17(26)29-10-25-16(22-23-24-25)12-7-15(31(20,27)28)13(19)8-14(12)21-9-11-5-4-6-30-11/h4-8,21H,9-10H2,1-3H3,(H2,20,27,28). The minimum absolute atomic E-state index is 0.0434. The van der Waals surface area contributed by atoms with E-state index in [4.69, 9.17) is 21.5 Å². The number of nitrogens with one attached hydrogen (secondary N) is 1. The molecule has 10 nitrogen and oxygen atoms in total. The van der Waals surface area contributed by atoms with E-state index in [9.17, 15) is 13.2 Å². The highest BCUT2D eigenvalue weighted by Gasteiger charge is 2.25. The van der Waals surface area contributed by atoms with Crippen molar-refractivity contribution in [3.8, 4) is 11.4 Å². The minimum Gasteiger partial charge on any atom is -0.442 e. The predicted molar refractivity (Wildman–Crippen MR) is 117 cm³/mol. The van der Waals surface area contributed by atoms with E-state index in [0.717, 1.165) is 4.88 Å². The van der Waals surface area contributed by atoms with Crippen molar-refractivity contribution < 1.29 is 17.9 Å². The number of ether oxygens (including phenoxy) is 1. The number of rotatable bonds is 7. The lowest BCUT2D eigenvalue weighted by Crippen LogP contribution is -2.24. The Bertz CT molecular complexity index is 1190. The molecule has 0 amide bonds. The first kappa shape index (κ1) is 23.1. The van der Waals surface area contributed by atoms with Crippen LogP contribution < -0.4 is 10.5 Å². The van der Waals surface area contributed by atoms with Crippen molar-refractivity contribution in [2.75, 3.05) is 5.32 Å². The topological polar surface area (TPSA) is 142 Å². The van der Waals surface area contributed by atoms with Crippen LogP contribution >= 0.6 is 22.9 Å². The van der Waals surface area contributed by atoms with Crippen LogP contribution in [0, 0.1) is 5.41 Å². The molecule has 0 fully saturated rings. The number of thiophene rings is 1. The lowest BCUT2D eigenvalue weighted by Gasteiger charge is -2.17. The van der Waals surface area contributed by atoms with Crippen molar-refractivity contribution in [2.45, 2.75) is 38.9 Å². The maximum absolute atomic E-state index is 12.1. The Balaban J connectivity index is 2.00. The molecule has 31 heavy (non-hydrogen) atoms. The summed E-state index contributed by atoms with van der Waals surface area (Å²) >= 11 is 7.74. The Kier molecular flexibility index (Phi) is 6.65. The molecule has 0 aliphatic carbocycles. The van der Waals surface area contributed by atoms with Crippen molar-refractivity contribution in [3.63, 3.8) is 0 Å². The number of tetrazole rings is 1. The van der Waals surface area contributed by atoms with Crippen LogP contribution in [-0.4, -0.2) is 34.6 Å². The summed E-state index contributed by atoms with van der Waals surface area (Å²) in [6, 6.07) is 6.62. The molecule has 0 unspecified atom stereocenters. The van der Waals surface area contributed by atoms with E-state index in [0.29, 0.717) is 17.8 Å². The van der Waals surface area contributed by atoms with E-state index in [-0.39, 0.29) is 22.5 Å². The molecule has 0 bridgehead atoms. The average Bonchev–Trinajstić information content (AvgIpc) is 3.34. The zero-order valence-corrected chi connectivity index (χ0v) is 19.4. The molecule has 0 radical (unpaired) electrons. The minimum atomic E-state index is -4.10. The fourth-order valence-corrected chi connectivity index (χ4v) is 4.26. The molecule has 0 atom stereocenters. The number of primary sulfonamides is 1. The first-order chi connectivity index (χ1) is 14.5. The van der Waals surface area contributed by atoms with Crippen LogP contribution in [0.3, 0.4) is 0 Å². The summed E-state index contributed by atoms with van der Waals surface area (Å²) in [6.45, 7) is 5.38. The highest BCUT2D eigenvalue weighted by atomic mass is 35.5. The third-order valence-electron chi connectivity index (χ3n) is 4.11. The molecule has 1 aromatic carbocycles. The monoisotopic (exact) mass is 484 g/mol. The Labute approximate surface area is 188 Å². The van der Waals surface area contributed by atoms with Gasteiger partial charge in [0.05, 0.1) is 10.4 Å². The summed E-state index contributed by atoms with van der Waals surface area (Å²) in [5.41, 5.74) is 0.119. The molecule has 2 aromatic heterocycles. The summed E-state index contributed by atoms with van der Waals surface area (Å²) < 4.78 is 30.5. The molecule has 166 valence electrons. The van der Waals surface area contributed by atoms with E-state index in [1.165, 1.54) is 16.8 Å². The Hall–Kier alpha value is -2.54. The molecule has 0 aliphatic heterocycles. The summed E-state index contributed by atoms with van der Waals surface area (Å²) in [6.07, 6.45) is 0. The average molecular weight is 485 g/mol. The summed E-state index contributed by atoms with van der Waals surface area (Å²) in [5, 5.41) is 21.9. The largest absolute Gasteiger partial charge is 0.442 e. The number of sulfonamides is 1. The molecule has 3 N–H and O–H groups in total. The van der Waals surface area contributed by atoms with Gasteiger partial charge in [0.1, 0.15) is 4.90 Å². The normalized spacial score (nSPS) is 12.0. The van der Waals surface area contributed by atoms with Crippen LogP contribution in [0.15, 0.2) is 34.5 Å². The number of nitrogens with zero attached hydrogens (tertiary/aromatic N) is 4. The number of hydrogen-bond donors (Lipinski definition) is 2. The Morgan fingerprint density at radius 1 is 1.35 bits per heavy atom. The first-order valence-electron chi connectivity index (χ1n) is 9.03. The van der Waals surface area contributed by atoms with Crippen molar-refractivity contribution in [3.05, 3.63) is 39.5 Å². The predicted octanol–water partition coefficient (Wildman–Crippen LogP) is 2.86. The quantitative estimate of drug-likeness (QED) is 0.487. The molecular formula is C18H21ClN6O4S2. The molecule has 3 rings (SSSR count). The van der Waals surface area contributed by atoms with Crippen LogP contribution in [0.25, 0.3) is 11.4 Å². The maximum Gasteiger partial charge on any atom is 0.313 e. The smallest absolute Gasteiger partial charge is 0.313 e. The highest BCUT2D eigenvalue weighted by molar-refractivity contribution is 7.89. The molecule has 2 heterocycles. The van der Waals surface area contributed by atoms with Crippen LogP contribution in [0.4, 0.5) is 5.69 Å². The number of nitrogens with two attached hydrogens (primary N) is 1. The van der Waals surface area contributed by atoms with E-state index >= 15 is 0 Å². The molecule has 13 heteroatoms. The number of benzene rings is 1. The van der Waals surface area contributed by atoms with E-state index in [2.05, 4.69) is 20.8 Å². The SMILES string of the molecule is CC(C)(C)C(=O)OCn1nnnc1-c1cc(S(N)(=O)=O)c(Cl)cc1NCc1cccs1. The fraction of sp³-hybridized carbons (Fsp3) is 0.333. The van der Waals surface area contributed by atoms with Gasteiger partial charge in [0.15, 0.2) is 12.6 Å². The molecular weight excluding hydrogens is 464 g/mol. The van der Waals surface area contributed by atoms with Gasteiger partial charge in [0.2, 0.25) is 10.0 Å². The molecule has 0 saturated heterocycles. The lowest BCUT2D eigenvalue weighted by molar-refractivity contribution is -0.157. The number of halogens is 1. The van der Waals surface area contributed by atoms with Crippen molar-refractivity contribution in [1.82, 2.24) is 20.2 Å². The summed E-state index contributed by atoms with van der Waals surface area (Å²) in [7, 11) is -4.10. The van der Waals surface area contributed by atoms with Gasteiger partial charge in [-0.15, -0.1) is 16.4 Å². The number of esters is 1. The maximum atomic E-state index is 12.1. The van der Waals surface area contributed by atoms with Gasteiger partial charge in [-0.3, -0.25) is 4.79 Å². The van der Waals surface area contributed by atoms with Crippen molar-refractivity contribution in [2.24, 2.45) is 10.6 Å². The summed E-state index contributed by atoms with van der Waals surface area (Å²) in [4.78, 5) is 12.9. The van der Waals surface area contributed by atoms with Gasteiger partial charge in [0.25, 0.3) is 0 Å². The Morgan fingerprint density at radius 2 is 2.10 bits per heavy atom. The van der Waals surface area contributed by atoms with Crippen LogP contribution in [0.5, 0.6) is 0 Å². The molecule has 3 aromatic rings. The number of hydrogen-bond acceptors (Lipinski definition) is 9. The van der Waals surface area contributed by atoms with E-state index in [1.54, 1.807) is 32.1 Å². The zero-order chi connectivity index (χ0) is 22.8. The number of carbonyl (C=O) groups excluding carboxylic acids is 1. The first-order valence-corrected chi connectivity index (χ1v) is 11.8. The van der Waals surface area contributed by atoms with Gasteiger partial charge >= 0.3 is 5.97 Å². The highest BCUT2D eigenvalue weighted by Crippen LogP contribution is 2.34. The van der Waals surface area contributed by atoms with Gasteiger partial charge in [-0.1, -0.05) is 17.7 Å². The number of carbonyl (C=O) groups is 1. The van der Waals surface area contributed by atoms with Crippen molar-refractivity contribution >= 4 is 44.6 Å². The van der Waals surface area contributed by atoms with Crippen LogP contribution in [-0.2, 0) is 32.8 Å². The second-order valence-electron chi connectivity index (χ2n) is 7.62. The third kappa shape index (κ3) is 5.58. The summed E-state index contributed by atoms with van der Waals surface area (Å²) in [5.74, 6) is -0.261. The van der Waals surface area contributed by atoms with Gasteiger partial charge in [-0.25, -0.2) is 13.6 Å². The molecule has 0 spiro atoms. The lowest BCUT2D eigenvalue weighted by atomic mass is 9.98. The molecule has 0 saturated carbocycles. The van der Waals surface area contributed by atoms with Gasteiger partial charge in [-0.2, -0.15) is 4.68 Å². The molecule has 0 aliphatic rings. The van der Waals surface area contributed by atoms with Gasteiger partial charge in [-0.05, 0) is 54.8 Å². The zero-order valence-electron chi connectivity index (χ0n) is 17.0. The van der Waals surface area contributed by atoms with Crippen molar-refractivity contribution in [1.29, 1.82) is 0 Å². The second-order valence-corrected chi connectivity index (χ2v) is 10.6. The number of anilines is 1. The second kappa shape index (κ2) is 8.91. The van der Waals surface area contributed by atoms with E-state index in [1.807, 2.05) is 17.5 Å². The third-order valence-corrected chi connectivity index (χ3v) is 6.37. The number of aromatic nitrogens is 4. The van der Waals surface area contributed by atoms with Crippen LogP contribution in [0.2, 0.25) is 5.02 Å². The Morgan fingerprint density at radius 3 is 2.71 bits per heavy atom. The van der Waals surface area contributed by atoms with Gasteiger partial charge < -0.3 is 10.1 Å².